The van der Waals surface area contributed by atoms with Crippen molar-refractivity contribution in [3.05, 3.63) is 194 Å². The molecule has 9 aromatic carbocycles. The molecule has 0 bridgehead atoms. The van der Waals surface area contributed by atoms with Gasteiger partial charge >= 0.3 is 0 Å². The summed E-state index contributed by atoms with van der Waals surface area (Å²) < 4.78 is 2.34. The second kappa shape index (κ2) is 11.8. The van der Waals surface area contributed by atoms with E-state index in [4.69, 9.17) is 0 Å². The second-order valence-electron chi connectivity index (χ2n) is 13.9. The summed E-state index contributed by atoms with van der Waals surface area (Å²) in [5.74, 6) is 0. The Hall–Kier alpha value is -7.03. The third kappa shape index (κ3) is 4.56. The highest BCUT2D eigenvalue weighted by atomic mass is 15.0. The maximum Gasteiger partial charge on any atom is 0.0571 e. The van der Waals surface area contributed by atoms with Gasteiger partial charge in [-0.2, -0.15) is 0 Å². The maximum absolute atomic E-state index is 4.54. The van der Waals surface area contributed by atoms with Crippen molar-refractivity contribution in [1.82, 2.24) is 9.55 Å². The molecule has 0 N–H and O–H groups in total. The van der Waals surface area contributed by atoms with Crippen LogP contribution in [0.15, 0.2) is 194 Å². The summed E-state index contributed by atoms with van der Waals surface area (Å²) in [7, 11) is 0. The lowest BCUT2D eigenvalue weighted by atomic mass is 9.83. The molecule has 0 aliphatic carbocycles. The Morgan fingerprint density at radius 1 is 0.340 bits per heavy atom. The highest BCUT2D eigenvalue weighted by molar-refractivity contribution is 6.24. The van der Waals surface area contributed by atoms with E-state index < -0.39 is 0 Å². The Morgan fingerprint density at radius 2 is 0.906 bits per heavy atom. The van der Waals surface area contributed by atoms with E-state index in [-0.39, 0.29) is 0 Å². The fourth-order valence-corrected chi connectivity index (χ4v) is 8.73. The Morgan fingerprint density at radius 3 is 1.64 bits per heavy atom. The van der Waals surface area contributed by atoms with Crippen LogP contribution in [-0.2, 0) is 0 Å². The lowest BCUT2D eigenvalue weighted by Crippen LogP contribution is -1.93. The van der Waals surface area contributed by atoms with Crippen LogP contribution in [0.5, 0.6) is 0 Å². The summed E-state index contributed by atoms with van der Waals surface area (Å²) in [6.07, 6.45) is 3.88. The predicted octanol–water partition coefficient (Wildman–Crippen LogP) is 13.8. The van der Waals surface area contributed by atoms with Gasteiger partial charge in [0.25, 0.3) is 0 Å². The zero-order chi connectivity index (χ0) is 34.9. The summed E-state index contributed by atoms with van der Waals surface area (Å²) in [4.78, 5) is 4.54. The molecule has 0 aliphatic rings. The number of aromatic nitrogens is 2. The monoisotopic (exact) mass is 672 g/mol. The van der Waals surface area contributed by atoms with Gasteiger partial charge in [-0.1, -0.05) is 146 Å². The molecule has 0 aliphatic heterocycles. The third-order valence-corrected chi connectivity index (χ3v) is 11.1. The van der Waals surface area contributed by atoms with Crippen molar-refractivity contribution in [2.75, 3.05) is 0 Å². The number of fused-ring (bicyclic) bond motifs is 7. The Bertz CT molecular complexity index is 3170. The van der Waals surface area contributed by atoms with E-state index in [1.54, 1.807) is 0 Å². The van der Waals surface area contributed by atoms with Crippen molar-refractivity contribution in [3.63, 3.8) is 0 Å². The van der Waals surface area contributed by atoms with Gasteiger partial charge in [0.05, 0.1) is 11.0 Å². The SMILES string of the molecule is c1ccc(-n2c3ccncc3c3cc(-c4ccc(-c5c6ccccc6c(-c6ccc7ccccc7c6)c6ccccc56)c5ccccc45)ccc32)cc1. The van der Waals surface area contributed by atoms with Crippen LogP contribution in [0.1, 0.15) is 0 Å². The van der Waals surface area contributed by atoms with Crippen LogP contribution in [0.4, 0.5) is 0 Å². The minimum Gasteiger partial charge on any atom is -0.309 e. The minimum atomic E-state index is 1.15. The van der Waals surface area contributed by atoms with Crippen molar-refractivity contribution < 1.29 is 0 Å². The molecule has 0 unspecified atom stereocenters. The summed E-state index contributed by atoms with van der Waals surface area (Å²) in [6, 6.07) is 66.6. The maximum atomic E-state index is 4.54. The molecule has 0 radical (unpaired) electrons. The highest BCUT2D eigenvalue weighted by Crippen LogP contribution is 2.47. The van der Waals surface area contributed by atoms with Crippen molar-refractivity contribution in [3.8, 4) is 39.1 Å². The molecule has 246 valence electrons. The molecular formula is C51H32N2. The number of benzene rings is 9. The number of para-hydroxylation sites is 1. The van der Waals surface area contributed by atoms with Crippen molar-refractivity contribution >= 4 is 64.9 Å². The number of hydrogen-bond donors (Lipinski definition) is 0. The molecule has 0 spiro atoms. The first-order chi connectivity index (χ1) is 26.3. The van der Waals surface area contributed by atoms with Crippen LogP contribution in [0, 0.1) is 0 Å². The average Bonchev–Trinajstić information content (AvgIpc) is 3.56. The van der Waals surface area contributed by atoms with Crippen molar-refractivity contribution in [2.45, 2.75) is 0 Å². The van der Waals surface area contributed by atoms with Gasteiger partial charge in [0.15, 0.2) is 0 Å². The van der Waals surface area contributed by atoms with Crippen molar-refractivity contribution in [2.24, 2.45) is 0 Å². The first-order valence-electron chi connectivity index (χ1n) is 18.2. The van der Waals surface area contributed by atoms with Gasteiger partial charge in [0.2, 0.25) is 0 Å². The van der Waals surface area contributed by atoms with Gasteiger partial charge in [-0.25, -0.2) is 0 Å². The van der Waals surface area contributed by atoms with Crippen LogP contribution >= 0.6 is 0 Å². The highest BCUT2D eigenvalue weighted by Gasteiger charge is 2.20. The van der Waals surface area contributed by atoms with Crippen LogP contribution in [0.3, 0.4) is 0 Å². The van der Waals surface area contributed by atoms with Crippen LogP contribution in [0.2, 0.25) is 0 Å². The molecule has 2 aromatic heterocycles. The molecule has 0 fully saturated rings. The first kappa shape index (κ1) is 29.7. The lowest BCUT2D eigenvalue weighted by Gasteiger charge is -2.20. The van der Waals surface area contributed by atoms with E-state index in [0.717, 1.165) is 16.6 Å². The van der Waals surface area contributed by atoms with Crippen LogP contribution in [0.25, 0.3) is 104 Å². The molecule has 0 amide bonds. The van der Waals surface area contributed by atoms with Gasteiger partial charge in [-0.05, 0) is 113 Å². The predicted molar refractivity (Wildman–Crippen MR) is 225 cm³/mol. The molecule has 0 saturated carbocycles. The van der Waals surface area contributed by atoms with E-state index in [1.165, 1.54) is 87.4 Å². The Balaban J connectivity index is 1.15. The molecule has 11 aromatic rings. The second-order valence-corrected chi connectivity index (χ2v) is 13.9. The number of nitrogens with zero attached hydrogens (tertiary/aromatic N) is 2. The fourth-order valence-electron chi connectivity index (χ4n) is 8.73. The summed E-state index contributed by atoms with van der Waals surface area (Å²) in [6.45, 7) is 0. The van der Waals surface area contributed by atoms with Gasteiger partial charge < -0.3 is 4.57 Å². The molecule has 2 heterocycles. The van der Waals surface area contributed by atoms with E-state index in [2.05, 4.69) is 192 Å². The van der Waals surface area contributed by atoms with E-state index in [0.29, 0.717) is 0 Å². The topological polar surface area (TPSA) is 17.8 Å². The summed E-state index contributed by atoms with van der Waals surface area (Å²) in [5, 5.41) is 12.4. The molecule has 2 heteroatoms. The zero-order valence-corrected chi connectivity index (χ0v) is 28.9. The summed E-state index contributed by atoms with van der Waals surface area (Å²) in [5.41, 5.74) is 10.9. The zero-order valence-electron chi connectivity index (χ0n) is 28.9. The van der Waals surface area contributed by atoms with Gasteiger partial charge in [-0.3, -0.25) is 4.98 Å². The number of rotatable bonds is 4. The normalized spacial score (nSPS) is 11.8. The molecule has 2 nitrogen and oxygen atoms in total. The summed E-state index contributed by atoms with van der Waals surface area (Å²) >= 11 is 0. The molecule has 53 heavy (non-hydrogen) atoms. The molecular weight excluding hydrogens is 641 g/mol. The van der Waals surface area contributed by atoms with Crippen LogP contribution < -0.4 is 0 Å². The molecule has 0 atom stereocenters. The van der Waals surface area contributed by atoms with Gasteiger partial charge in [0.1, 0.15) is 0 Å². The smallest absolute Gasteiger partial charge is 0.0571 e. The Kier molecular flexibility index (Phi) is 6.59. The molecule has 0 saturated heterocycles. The van der Waals surface area contributed by atoms with Crippen molar-refractivity contribution in [1.29, 1.82) is 0 Å². The average molecular weight is 673 g/mol. The minimum absolute atomic E-state index is 1.15. The van der Waals surface area contributed by atoms with Gasteiger partial charge in [-0.15, -0.1) is 0 Å². The third-order valence-electron chi connectivity index (χ3n) is 11.1. The van der Waals surface area contributed by atoms with Crippen LogP contribution in [-0.4, -0.2) is 9.55 Å². The fraction of sp³-hybridized carbons (Fsp3) is 0. The Labute approximate surface area is 306 Å². The van der Waals surface area contributed by atoms with E-state index >= 15 is 0 Å². The molecule has 11 rings (SSSR count). The largest absolute Gasteiger partial charge is 0.309 e. The number of hydrogen-bond acceptors (Lipinski definition) is 1. The number of pyridine rings is 1. The van der Waals surface area contributed by atoms with E-state index in [9.17, 15) is 0 Å². The van der Waals surface area contributed by atoms with Gasteiger partial charge in [0, 0.05) is 28.9 Å². The lowest BCUT2D eigenvalue weighted by molar-refractivity contribution is 1.17. The first-order valence-corrected chi connectivity index (χ1v) is 18.2. The standard InChI is InChI=1S/C51H32N2/c1-2-14-37(15-3-1)53-48-27-24-35(31-46(48)47-32-52-29-28-49(47)53)38-25-26-45(40-17-7-6-16-39(38)40)51-43-20-10-8-18-41(43)50(42-19-9-11-21-44(42)51)36-23-22-33-12-4-5-13-34(33)30-36/h1-32H. The quantitative estimate of drug-likeness (QED) is 0.170. The van der Waals surface area contributed by atoms with E-state index in [1.807, 2.05) is 12.4 Å².